The second kappa shape index (κ2) is 6.06. The van der Waals surface area contributed by atoms with Crippen molar-refractivity contribution in [2.45, 2.75) is 38.3 Å². The lowest BCUT2D eigenvalue weighted by Crippen LogP contribution is -2.36. The van der Waals surface area contributed by atoms with E-state index < -0.39 is 36.9 Å². The molecule has 0 heterocycles. The zero-order valence-electron chi connectivity index (χ0n) is 9.79. The second-order valence-electron chi connectivity index (χ2n) is 4.54. The SMILES string of the molecule is O=C(O)C1CCC(C(=O)NCCC(F)(F)F)CC1. The Morgan fingerprint density at radius 2 is 1.61 bits per heavy atom. The van der Waals surface area contributed by atoms with Gasteiger partial charge in [-0.05, 0) is 25.7 Å². The molecule has 1 aliphatic rings. The van der Waals surface area contributed by atoms with Crippen LogP contribution in [0.25, 0.3) is 0 Å². The highest BCUT2D eigenvalue weighted by atomic mass is 19.4. The number of nitrogens with one attached hydrogen (secondary N) is 1. The Kier molecular flexibility index (Phi) is 4.98. The largest absolute Gasteiger partial charge is 0.481 e. The summed E-state index contributed by atoms with van der Waals surface area (Å²) >= 11 is 0. The van der Waals surface area contributed by atoms with Crippen LogP contribution in [-0.4, -0.2) is 29.7 Å². The minimum Gasteiger partial charge on any atom is -0.481 e. The topological polar surface area (TPSA) is 66.4 Å². The fraction of sp³-hybridized carbons (Fsp3) is 0.818. The molecule has 0 aromatic rings. The first-order chi connectivity index (χ1) is 8.29. The third-order valence-electron chi connectivity index (χ3n) is 3.15. The van der Waals surface area contributed by atoms with Crippen molar-refractivity contribution in [3.05, 3.63) is 0 Å². The minimum absolute atomic E-state index is 0.353. The minimum atomic E-state index is -4.27. The number of hydrogen-bond donors (Lipinski definition) is 2. The highest BCUT2D eigenvalue weighted by Gasteiger charge is 2.31. The molecule has 104 valence electrons. The van der Waals surface area contributed by atoms with Gasteiger partial charge in [-0.3, -0.25) is 9.59 Å². The van der Waals surface area contributed by atoms with E-state index >= 15 is 0 Å². The van der Waals surface area contributed by atoms with E-state index in [9.17, 15) is 22.8 Å². The average molecular weight is 267 g/mol. The van der Waals surface area contributed by atoms with Crippen LogP contribution in [0.15, 0.2) is 0 Å². The van der Waals surface area contributed by atoms with E-state index in [-0.39, 0.29) is 5.92 Å². The van der Waals surface area contributed by atoms with Crippen molar-refractivity contribution in [3.8, 4) is 0 Å². The average Bonchev–Trinajstić information content (AvgIpc) is 2.27. The summed E-state index contributed by atoms with van der Waals surface area (Å²) in [6, 6.07) is 0. The molecule has 0 unspecified atom stereocenters. The molecule has 1 saturated carbocycles. The molecular weight excluding hydrogens is 251 g/mol. The Bertz CT molecular complexity index is 309. The third kappa shape index (κ3) is 4.93. The quantitative estimate of drug-likeness (QED) is 0.818. The molecule has 1 fully saturated rings. The van der Waals surface area contributed by atoms with Crippen molar-refractivity contribution < 1.29 is 27.9 Å². The van der Waals surface area contributed by atoms with E-state index in [1.807, 2.05) is 0 Å². The van der Waals surface area contributed by atoms with Crippen LogP contribution in [-0.2, 0) is 9.59 Å². The summed E-state index contributed by atoms with van der Waals surface area (Å²) in [5.41, 5.74) is 0. The van der Waals surface area contributed by atoms with Gasteiger partial charge in [0.05, 0.1) is 12.3 Å². The van der Waals surface area contributed by atoms with Gasteiger partial charge >= 0.3 is 12.1 Å². The predicted molar refractivity (Wildman–Crippen MR) is 56.8 cm³/mol. The van der Waals surface area contributed by atoms with Crippen LogP contribution in [0.2, 0.25) is 0 Å². The molecule has 4 nitrogen and oxygen atoms in total. The van der Waals surface area contributed by atoms with E-state index in [1.54, 1.807) is 0 Å². The van der Waals surface area contributed by atoms with Crippen molar-refractivity contribution in [3.63, 3.8) is 0 Å². The molecule has 0 bridgehead atoms. The van der Waals surface area contributed by atoms with E-state index in [0.717, 1.165) is 0 Å². The maximum absolute atomic E-state index is 11.9. The van der Waals surface area contributed by atoms with Crippen molar-refractivity contribution in [1.82, 2.24) is 5.32 Å². The lowest BCUT2D eigenvalue weighted by molar-refractivity contribution is -0.144. The van der Waals surface area contributed by atoms with Gasteiger partial charge in [-0.2, -0.15) is 13.2 Å². The first kappa shape index (κ1) is 14.8. The van der Waals surface area contributed by atoms with Gasteiger partial charge in [-0.1, -0.05) is 0 Å². The molecular formula is C11H16F3NO3. The Labute approximate surface area is 103 Å². The predicted octanol–water partition coefficient (Wildman–Crippen LogP) is 1.95. The molecule has 18 heavy (non-hydrogen) atoms. The summed E-state index contributed by atoms with van der Waals surface area (Å²) in [4.78, 5) is 22.2. The molecule has 0 aliphatic heterocycles. The van der Waals surface area contributed by atoms with E-state index in [2.05, 4.69) is 5.32 Å². The highest BCUT2D eigenvalue weighted by Crippen LogP contribution is 2.29. The van der Waals surface area contributed by atoms with Crippen LogP contribution in [0.4, 0.5) is 13.2 Å². The fourth-order valence-corrected chi connectivity index (χ4v) is 2.07. The van der Waals surface area contributed by atoms with Gasteiger partial charge in [0.1, 0.15) is 0 Å². The summed E-state index contributed by atoms with van der Waals surface area (Å²) in [5.74, 6) is -2.05. The summed E-state index contributed by atoms with van der Waals surface area (Å²) < 4.78 is 35.6. The Balaban J connectivity index is 2.26. The number of amides is 1. The lowest BCUT2D eigenvalue weighted by Gasteiger charge is -2.25. The van der Waals surface area contributed by atoms with E-state index in [1.165, 1.54) is 0 Å². The van der Waals surface area contributed by atoms with Gasteiger partial charge in [0, 0.05) is 12.5 Å². The van der Waals surface area contributed by atoms with Crippen molar-refractivity contribution in [2.24, 2.45) is 11.8 Å². The molecule has 1 rings (SSSR count). The number of hydrogen-bond acceptors (Lipinski definition) is 2. The fourth-order valence-electron chi connectivity index (χ4n) is 2.07. The van der Waals surface area contributed by atoms with Crippen LogP contribution in [0.3, 0.4) is 0 Å². The maximum Gasteiger partial charge on any atom is 0.390 e. The zero-order chi connectivity index (χ0) is 13.8. The van der Waals surface area contributed by atoms with Crippen molar-refractivity contribution in [1.29, 1.82) is 0 Å². The number of halogens is 3. The van der Waals surface area contributed by atoms with Crippen molar-refractivity contribution in [2.75, 3.05) is 6.54 Å². The highest BCUT2D eigenvalue weighted by molar-refractivity contribution is 5.79. The summed E-state index contributed by atoms with van der Waals surface area (Å²) in [7, 11) is 0. The molecule has 2 N–H and O–H groups in total. The molecule has 7 heteroatoms. The van der Waals surface area contributed by atoms with E-state index in [4.69, 9.17) is 5.11 Å². The standard InChI is InChI=1S/C11H16F3NO3/c12-11(13,14)5-6-15-9(16)7-1-3-8(4-2-7)10(17)18/h7-8H,1-6H2,(H,15,16)(H,17,18). The molecule has 0 spiro atoms. The van der Waals surface area contributed by atoms with Gasteiger partial charge < -0.3 is 10.4 Å². The normalized spacial score (nSPS) is 24.6. The lowest BCUT2D eigenvalue weighted by atomic mass is 9.81. The first-order valence-corrected chi connectivity index (χ1v) is 5.87. The number of aliphatic carboxylic acids is 1. The number of carbonyl (C=O) groups is 2. The molecule has 0 atom stereocenters. The van der Waals surface area contributed by atoms with Gasteiger partial charge in [0.15, 0.2) is 0 Å². The smallest absolute Gasteiger partial charge is 0.390 e. The Morgan fingerprint density at radius 1 is 1.11 bits per heavy atom. The van der Waals surface area contributed by atoms with Gasteiger partial charge in [-0.25, -0.2) is 0 Å². The number of carbonyl (C=O) groups excluding carboxylic acids is 1. The maximum atomic E-state index is 11.9. The molecule has 0 aromatic carbocycles. The van der Waals surface area contributed by atoms with Gasteiger partial charge in [-0.15, -0.1) is 0 Å². The van der Waals surface area contributed by atoms with Crippen molar-refractivity contribution >= 4 is 11.9 Å². The number of alkyl halides is 3. The van der Waals surface area contributed by atoms with Crippen LogP contribution < -0.4 is 5.32 Å². The van der Waals surface area contributed by atoms with Crippen LogP contribution >= 0.6 is 0 Å². The number of rotatable bonds is 4. The molecule has 0 saturated heterocycles. The molecule has 1 amide bonds. The monoisotopic (exact) mass is 267 g/mol. The number of carboxylic acids is 1. The van der Waals surface area contributed by atoms with Crippen LogP contribution in [0, 0.1) is 11.8 Å². The van der Waals surface area contributed by atoms with Crippen LogP contribution in [0.1, 0.15) is 32.1 Å². The third-order valence-corrected chi connectivity index (χ3v) is 3.15. The Morgan fingerprint density at radius 3 is 2.06 bits per heavy atom. The molecule has 0 aromatic heterocycles. The number of carboxylic acid groups (broad SMARTS) is 1. The zero-order valence-corrected chi connectivity index (χ0v) is 9.79. The van der Waals surface area contributed by atoms with Gasteiger partial charge in [0.25, 0.3) is 0 Å². The summed E-state index contributed by atoms with van der Waals surface area (Å²) in [6.07, 6.45) is -3.64. The van der Waals surface area contributed by atoms with Crippen LogP contribution in [0.5, 0.6) is 0 Å². The summed E-state index contributed by atoms with van der Waals surface area (Å²) in [5, 5.41) is 11.0. The molecule has 1 aliphatic carbocycles. The van der Waals surface area contributed by atoms with Gasteiger partial charge in [0.2, 0.25) is 5.91 Å². The Hall–Kier alpha value is -1.27. The molecule has 0 radical (unpaired) electrons. The second-order valence-corrected chi connectivity index (χ2v) is 4.54. The first-order valence-electron chi connectivity index (χ1n) is 5.87. The summed E-state index contributed by atoms with van der Waals surface area (Å²) in [6.45, 7) is -0.415. The van der Waals surface area contributed by atoms with E-state index in [0.29, 0.717) is 25.7 Å².